The fraction of sp³-hybridized carbons (Fsp3) is 0.0500. The second-order valence-corrected chi connectivity index (χ2v) is 6.47. The molecule has 2 aromatic carbocycles. The van der Waals surface area contributed by atoms with Gasteiger partial charge in [-0.2, -0.15) is 5.10 Å². The summed E-state index contributed by atoms with van der Waals surface area (Å²) in [5.41, 5.74) is 5.31. The van der Waals surface area contributed by atoms with E-state index in [1.165, 1.54) is 6.08 Å². The standard InChI is InChI=1S/C20H16ClN5O/c1-3-17(27)22-12-8-9-16-14(10-12)19(13-6-4-5-7-15(13)21)24-18-11(2)25-26-20(18)23-16/h3-10H,1H2,2H3,(H,22,27)(H2,23,25,26). The van der Waals surface area contributed by atoms with Gasteiger partial charge in [0.2, 0.25) is 5.91 Å². The topological polar surface area (TPSA) is 82.2 Å². The molecule has 0 fully saturated rings. The Hall–Kier alpha value is -3.38. The van der Waals surface area contributed by atoms with Crippen molar-refractivity contribution in [1.29, 1.82) is 0 Å². The summed E-state index contributed by atoms with van der Waals surface area (Å²) in [5, 5.41) is 13.9. The van der Waals surface area contributed by atoms with E-state index in [1.807, 2.05) is 49.4 Å². The number of halogens is 1. The molecule has 7 heteroatoms. The molecule has 1 aromatic heterocycles. The maximum Gasteiger partial charge on any atom is 0.247 e. The van der Waals surface area contributed by atoms with Crippen LogP contribution in [0.4, 0.5) is 22.9 Å². The maximum absolute atomic E-state index is 11.7. The molecule has 27 heavy (non-hydrogen) atoms. The number of aromatic amines is 1. The van der Waals surface area contributed by atoms with Gasteiger partial charge in [0.25, 0.3) is 0 Å². The van der Waals surface area contributed by atoms with E-state index < -0.39 is 0 Å². The smallest absolute Gasteiger partial charge is 0.247 e. The highest BCUT2D eigenvalue weighted by Gasteiger charge is 2.22. The second kappa shape index (κ2) is 6.74. The third-order valence-electron chi connectivity index (χ3n) is 4.25. The van der Waals surface area contributed by atoms with Gasteiger partial charge in [0.1, 0.15) is 5.69 Å². The summed E-state index contributed by atoms with van der Waals surface area (Å²) in [5.74, 6) is 0.357. The highest BCUT2D eigenvalue weighted by atomic mass is 35.5. The van der Waals surface area contributed by atoms with Crippen molar-refractivity contribution in [2.75, 3.05) is 10.6 Å². The first-order valence-corrected chi connectivity index (χ1v) is 8.68. The number of aromatic nitrogens is 2. The molecule has 0 unspecified atom stereocenters. The van der Waals surface area contributed by atoms with Crippen LogP contribution in [0, 0.1) is 6.92 Å². The monoisotopic (exact) mass is 377 g/mol. The number of fused-ring (bicyclic) bond motifs is 2. The van der Waals surface area contributed by atoms with Crippen LogP contribution in [-0.4, -0.2) is 21.8 Å². The number of anilines is 3. The minimum absolute atomic E-state index is 0.281. The summed E-state index contributed by atoms with van der Waals surface area (Å²) in [6.07, 6.45) is 1.23. The molecule has 134 valence electrons. The van der Waals surface area contributed by atoms with E-state index in [0.29, 0.717) is 22.2 Å². The Kier molecular flexibility index (Phi) is 4.25. The average Bonchev–Trinajstić information content (AvgIpc) is 2.92. The van der Waals surface area contributed by atoms with Gasteiger partial charge in [0, 0.05) is 27.5 Å². The Morgan fingerprint density at radius 2 is 2.04 bits per heavy atom. The molecule has 3 aromatic rings. The molecule has 3 N–H and O–H groups in total. The number of rotatable bonds is 3. The zero-order valence-electron chi connectivity index (χ0n) is 14.5. The molecule has 4 rings (SSSR count). The van der Waals surface area contributed by atoms with Crippen LogP contribution in [0.15, 0.2) is 60.1 Å². The predicted octanol–water partition coefficient (Wildman–Crippen LogP) is 4.72. The Morgan fingerprint density at radius 1 is 1.22 bits per heavy atom. The Bertz CT molecular complexity index is 1100. The summed E-state index contributed by atoms with van der Waals surface area (Å²) in [7, 11) is 0. The van der Waals surface area contributed by atoms with E-state index in [9.17, 15) is 4.79 Å². The fourth-order valence-corrected chi connectivity index (χ4v) is 3.15. The van der Waals surface area contributed by atoms with Crippen LogP contribution < -0.4 is 10.6 Å². The Labute approximate surface area is 161 Å². The normalized spacial score (nSPS) is 12.1. The molecule has 0 aliphatic carbocycles. The summed E-state index contributed by atoms with van der Waals surface area (Å²) < 4.78 is 0. The summed E-state index contributed by atoms with van der Waals surface area (Å²) in [4.78, 5) is 16.5. The number of carbonyl (C=O) groups is 1. The van der Waals surface area contributed by atoms with Crippen molar-refractivity contribution in [3.63, 3.8) is 0 Å². The first kappa shape index (κ1) is 17.1. The lowest BCUT2D eigenvalue weighted by Crippen LogP contribution is -2.10. The quantitative estimate of drug-likeness (QED) is 0.452. The first-order valence-electron chi connectivity index (χ1n) is 8.30. The van der Waals surface area contributed by atoms with Gasteiger partial charge in [-0.05, 0) is 37.3 Å². The van der Waals surface area contributed by atoms with Crippen LogP contribution in [0.25, 0.3) is 0 Å². The van der Waals surface area contributed by atoms with Crippen LogP contribution in [0.3, 0.4) is 0 Å². The molecule has 1 aliphatic heterocycles. The van der Waals surface area contributed by atoms with Gasteiger partial charge in [0.05, 0.1) is 11.4 Å². The maximum atomic E-state index is 11.7. The highest BCUT2D eigenvalue weighted by Crippen LogP contribution is 2.38. The van der Waals surface area contributed by atoms with Crippen molar-refractivity contribution in [1.82, 2.24) is 10.2 Å². The third kappa shape index (κ3) is 3.11. The number of hydrogen-bond acceptors (Lipinski definition) is 4. The number of nitrogens with one attached hydrogen (secondary N) is 3. The number of carbonyl (C=O) groups excluding carboxylic acids is 1. The first-order chi connectivity index (χ1) is 13.1. The lowest BCUT2D eigenvalue weighted by atomic mass is 9.99. The van der Waals surface area contributed by atoms with Crippen LogP contribution >= 0.6 is 11.6 Å². The highest BCUT2D eigenvalue weighted by molar-refractivity contribution is 6.36. The molecule has 0 saturated heterocycles. The molecule has 2 heterocycles. The predicted molar refractivity (Wildman–Crippen MR) is 109 cm³/mol. The van der Waals surface area contributed by atoms with Gasteiger partial charge in [-0.25, -0.2) is 4.99 Å². The van der Waals surface area contributed by atoms with Gasteiger partial charge in [-0.1, -0.05) is 36.4 Å². The van der Waals surface area contributed by atoms with Gasteiger partial charge >= 0.3 is 0 Å². The molecule has 0 bridgehead atoms. The Balaban J connectivity index is 1.94. The van der Waals surface area contributed by atoms with Crippen molar-refractivity contribution in [3.05, 3.63) is 77.0 Å². The van der Waals surface area contributed by atoms with Crippen molar-refractivity contribution in [3.8, 4) is 0 Å². The van der Waals surface area contributed by atoms with Crippen LogP contribution in [0.1, 0.15) is 16.8 Å². The number of nitrogens with zero attached hydrogens (tertiary/aromatic N) is 2. The third-order valence-corrected chi connectivity index (χ3v) is 4.58. The largest absolute Gasteiger partial charge is 0.336 e. The zero-order chi connectivity index (χ0) is 19.0. The van der Waals surface area contributed by atoms with Crippen molar-refractivity contribution in [2.24, 2.45) is 4.99 Å². The number of aliphatic imine (C=N–C) groups is 1. The zero-order valence-corrected chi connectivity index (χ0v) is 15.3. The van der Waals surface area contributed by atoms with Crippen molar-refractivity contribution < 1.29 is 4.79 Å². The number of benzene rings is 2. The van der Waals surface area contributed by atoms with Crippen LogP contribution in [0.2, 0.25) is 5.02 Å². The molecule has 0 saturated carbocycles. The number of aryl methyl sites for hydroxylation is 1. The second-order valence-electron chi connectivity index (χ2n) is 6.06. The molecule has 1 amide bonds. The molecule has 0 atom stereocenters. The summed E-state index contributed by atoms with van der Waals surface area (Å²) >= 11 is 6.46. The van der Waals surface area contributed by atoms with Crippen LogP contribution in [-0.2, 0) is 4.79 Å². The molecule has 0 radical (unpaired) electrons. The molecular weight excluding hydrogens is 362 g/mol. The van der Waals surface area contributed by atoms with Crippen molar-refractivity contribution >= 4 is 46.1 Å². The van der Waals surface area contributed by atoms with Crippen molar-refractivity contribution in [2.45, 2.75) is 6.92 Å². The van der Waals surface area contributed by atoms with E-state index in [-0.39, 0.29) is 5.91 Å². The number of amides is 1. The van der Waals surface area contributed by atoms with Crippen LogP contribution in [0.5, 0.6) is 0 Å². The SMILES string of the molecule is C=CC(=O)Nc1ccc2c(c1)C(c1ccccc1Cl)=Nc1c(n[nH]c1C)N2. The van der Waals surface area contributed by atoms with E-state index in [4.69, 9.17) is 16.6 Å². The van der Waals surface area contributed by atoms with E-state index >= 15 is 0 Å². The molecule has 0 spiro atoms. The van der Waals surface area contributed by atoms with Gasteiger partial charge < -0.3 is 10.6 Å². The summed E-state index contributed by atoms with van der Waals surface area (Å²) in [6, 6.07) is 13.1. The molecule has 6 nitrogen and oxygen atoms in total. The van der Waals surface area contributed by atoms with Gasteiger partial charge in [0.15, 0.2) is 5.82 Å². The van der Waals surface area contributed by atoms with Gasteiger partial charge in [-0.3, -0.25) is 9.89 Å². The van der Waals surface area contributed by atoms with E-state index in [1.54, 1.807) is 0 Å². The lowest BCUT2D eigenvalue weighted by molar-refractivity contribution is -0.111. The lowest BCUT2D eigenvalue weighted by Gasteiger charge is -2.13. The minimum atomic E-state index is -0.281. The van der Waals surface area contributed by atoms with E-state index in [2.05, 4.69) is 27.4 Å². The van der Waals surface area contributed by atoms with Gasteiger partial charge in [-0.15, -0.1) is 0 Å². The molecular formula is C20H16ClN5O. The average molecular weight is 378 g/mol. The molecule has 1 aliphatic rings. The fourth-order valence-electron chi connectivity index (χ4n) is 2.93. The Morgan fingerprint density at radius 3 is 2.81 bits per heavy atom. The summed E-state index contributed by atoms with van der Waals surface area (Å²) in [6.45, 7) is 5.40. The number of hydrogen-bond donors (Lipinski definition) is 3. The minimum Gasteiger partial charge on any atom is -0.336 e. The van der Waals surface area contributed by atoms with E-state index in [0.717, 1.165) is 28.2 Å². The number of H-pyrrole nitrogens is 1.